The van der Waals surface area contributed by atoms with Gasteiger partial charge < -0.3 is 20.2 Å². The van der Waals surface area contributed by atoms with Crippen molar-refractivity contribution in [3.8, 4) is 0 Å². The van der Waals surface area contributed by atoms with Gasteiger partial charge in [0.1, 0.15) is 6.33 Å². The molecule has 1 aromatic heterocycles. The summed E-state index contributed by atoms with van der Waals surface area (Å²) in [4.78, 5) is 41.1. The van der Waals surface area contributed by atoms with E-state index in [-0.39, 0.29) is 17.4 Å². The first-order valence-corrected chi connectivity index (χ1v) is 15.9. The Bertz CT molecular complexity index is 1390. The second-order valence-electron chi connectivity index (χ2n) is 12.4. The van der Waals surface area contributed by atoms with Crippen LogP contribution < -0.4 is 10.2 Å². The number of aromatic nitrogens is 2. The minimum absolute atomic E-state index is 0.0439. The fourth-order valence-corrected chi connectivity index (χ4v) is 6.77. The van der Waals surface area contributed by atoms with E-state index in [4.69, 9.17) is 0 Å². The molecular weight excluding hydrogens is 552 g/mol. The van der Waals surface area contributed by atoms with Crippen LogP contribution in [0.1, 0.15) is 78.5 Å². The van der Waals surface area contributed by atoms with E-state index in [0.717, 1.165) is 75.5 Å². The average molecular weight is 599 g/mol. The number of hydrogen-bond acceptors (Lipinski definition) is 7. The molecule has 2 fully saturated rings. The van der Waals surface area contributed by atoms with Crippen LogP contribution in [0.4, 0.5) is 5.69 Å². The van der Waals surface area contributed by atoms with E-state index in [1.54, 1.807) is 0 Å². The van der Waals surface area contributed by atoms with Gasteiger partial charge in [0.25, 0.3) is 11.8 Å². The van der Waals surface area contributed by atoms with E-state index < -0.39 is 6.10 Å². The summed E-state index contributed by atoms with van der Waals surface area (Å²) in [6.45, 7) is 12.7. The number of carbonyl (C=O) groups excluding carboxylic acids is 2. The highest BCUT2D eigenvalue weighted by Crippen LogP contribution is 2.34. The second kappa shape index (κ2) is 13.9. The lowest BCUT2D eigenvalue weighted by Gasteiger charge is -2.50. The number of anilines is 1. The minimum Gasteiger partial charge on any atom is -0.378 e. The van der Waals surface area contributed by atoms with Crippen LogP contribution in [0.5, 0.6) is 0 Å². The Balaban J connectivity index is 1.24. The molecular formula is C35H46N6O3. The monoisotopic (exact) mass is 598 g/mol. The molecule has 2 saturated heterocycles. The lowest BCUT2D eigenvalue weighted by molar-refractivity contribution is -0.129. The van der Waals surface area contributed by atoms with Gasteiger partial charge in [0.2, 0.25) is 0 Å². The highest BCUT2D eigenvalue weighted by Gasteiger charge is 2.39. The molecule has 0 saturated carbocycles. The van der Waals surface area contributed by atoms with Gasteiger partial charge in [-0.05, 0) is 76.6 Å². The average Bonchev–Trinajstić information content (AvgIpc) is 3.04. The summed E-state index contributed by atoms with van der Waals surface area (Å²) in [7, 11) is 0. The van der Waals surface area contributed by atoms with Crippen molar-refractivity contribution < 1.29 is 14.7 Å². The van der Waals surface area contributed by atoms with Gasteiger partial charge in [0.05, 0.1) is 17.0 Å². The first kappa shape index (κ1) is 31.6. The van der Waals surface area contributed by atoms with Crippen LogP contribution in [0.3, 0.4) is 0 Å². The number of aliphatic hydroxyl groups is 1. The Morgan fingerprint density at radius 3 is 2.18 bits per heavy atom. The predicted molar refractivity (Wildman–Crippen MR) is 172 cm³/mol. The van der Waals surface area contributed by atoms with E-state index in [0.29, 0.717) is 23.7 Å². The molecule has 2 aliphatic rings. The maximum atomic E-state index is 13.3. The van der Waals surface area contributed by atoms with Gasteiger partial charge in [-0.2, -0.15) is 0 Å². The number of likely N-dealkylation sites (tertiary alicyclic amines) is 2. The molecule has 2 amide bonds. The fraction of sp³-hybridized carbons (Fsp3) is 0.486. The number of piperidine rings is 2. The number of rotatable bonds is 9. The zero-order chi connectivity index (χ0) is 31.3. The topological polar surface area (TPSA) is 102 Å². The number of nitrogens with zero attached hydrogens (tertiary/aromatic N) is 5. The SMILES string of the molecule is CCNC(=O)[C@@H](O)c1ccc(N(Cc2ccccc2)C2CCN(C3(C)CCN(C(=O)c4c(C)ncnc4C)CC3)CC2)cc1. The first-order chi connectivity index (χ1) is 21.2. The van der Waals surface area contributed by atoms with Crippen molar-refractivity contribution in [3.63, 3.8) is 0 Å². The van der Waals surface area contributed by atoms with Crippen LogP contribution >= 0.6 is 0 Å². The summed E-state index contributed by atoms with van der Waals surface area (Å²) in [5.41, 5.74) is 5.11. The van der Waals surface area contributed by atoms with E-state index in [9.17, 15) is 14.7 Å². The number of hydrogen-bond donors (Lipinski definition) is 2. The Hall–Kier alpha value is -3.82. The zero-order valence-electron chi connectivity index (χ0n) is 26.5. The van der Waals surface area contributed by atoms with Gasteiger partial charge in [-0.15, -0.1) is 0 Å². The highest BCUT2D eigenvalue weighted by atomic mass is 16.3. The lowest BCUT2D eigenvalue weighted by atomic mass is 9.85. The van der Waals surface area contributed by atoms with Gasteiger partial charge in [-0.25, -0.2) is 9.97 Å². The van der Waals surface area contributed by atoms with Crippen molar-refractivity contribution in [2.45, 2.75) is 77.6 Å². The van der Waals surface area contributed by atoms with E-state index in [1.807, 2.05) is 56.0 Å². The summed E-state index contributed by atoms with van der Waals surface area (Å²) in [5, 5.41) is 13.2. The van der Waals surface area contributed by atoms with Gasteiger partial charge in [0.15, 0.2) is 6.10 Å². The molecule has 9 heteroatoms. The summed E-state index contributed by atoms with van der Waals surface area (Å²) in [6, 6.07) is 18.7. The number of aryl methyl sites for hydroxylation is 2. The normalized spacial score (nSPS) is 18.1. The molecule has 0 unspecified atom stereocenters. The molecule has 0 bridgehead atoms. The van der Waals surface area contributed by atoms with Gasteiger partial charge in [-0.3, -0.25) is 14.5 Å². The Labute approximate surface area is 261 Å². The van der Waals surface area contributed by atoms with Crippen molar-refractivity contribution in [2.24, 2.45) is 0 Å². The predicted octanol–water partition coefficient (Wildman–Crippen LogP) is 4.43. The molecule has 3 aromatic rings. The van der Waals surface area contributed by atoms with Crippen molar-refractivity contribution in [3.05, 3.63) is 89.0 Å². The number of nitrogens with one attached hydrogen (secondary N) is 1. The van der Waals surface area contributed by atoms with E-state index >= 15 is 0 Å². The van der Waals surface area contributed by atoms with Crippen LogP contribution in [0, 0.1) is 13.8 Å². The summed E-state index contributed by atoms with van der Waals surface area (Å²) < 4.78 is 0. The number of likely N-dealkylation sites (N-methyl/N-ethyl adjacent to an activating group) is 1. The maximum absolute atomic E-state index is 13.3. The van der Waals surface area contributed by atoms with Crippen LogP contribution in [0.2, 0.25) is 0 Å². The molecule has 44 heavy (non-hydrogen) atoms. The fourth-order valence-electron chi connectivity index (χ4n) is 6.77. The van der Waals surface area contributed by atoms with Gasteiger partial charge in [-0.1, -0.05) is 42.5 Å². The number of amides is 2. The quantitative estimate of drug-likeness (QED) is 0.376. The molecule has 5 rings (SSSR count). The third-order valence-corrected chi connectivity index (χ3v) is 9.57. The molecule has 2 N–H and O–H groups in total. The van der Waals surface area contributed by atoms with E-state index in [2.05, 4.69) is 56.3 Å². The molecule has 1 atom stereocenters. The van der Waals surface area contributed by atoms with E-state index in [1.165, 1.54) is 11.9 Å². The molecule has 2 aliphatic heterocycles. The van der Waals surface area contributed by atoms with Crippen LogP contribution in [0.25, 0.3) is 0 Å². The zero-order valence-corrected chi connectivity index (χ0v) is 26.5. The molecule has 234 valence electrons. The smallest absolute Gasteiger partial charge is 0.257 e. The van der Waals surface area contributed by atoms with Crippen LogP contribution in [-0.4, -0.2) is 81.0 Å². The summed E-state index contributed by atoms with van der Waals surface area (Å²) in [6.07, 6.45) is 4.30. The minimum atomic E-state index is -1.17. The first-order valence-electron chi connectivity index (χ1n) is 15.9. The third-order valence-electron chi connectivity index (χ3n) is 9.57. The molecule has 0 aliphatic carbocycles. The molecule has 0 spiro atoms. The number of aliphatic hydroxyl groups excluding tert-OH is 1. The second-order valence-corrected chi connectivity index (χ2v) is 12.4. The van der Waals surface area contributed by atoms with Gasteiger partial charge in [0, 0.05) is 56.5 Å². The highest BCUT2D eigenvalue weighted by molar-refractivity contribution is 5.96. The standard InChI is InChI=1S/C35H46N6O3/c1-5-36-33(43)32(42)28-11-13-29(14-12-28)41(23-27-9-7-6-8-10-27)30-15-19-40(20-16-30)35(4)17-21-39(22-18-35)34(44)31-25(2)37-24-38-26(31)3/h6-14,24,30,32,42H,5,15-23H2,1-4H3,(H,36,43)/t32-/m0/s1. The Morgan fingerprint density at radius 1 is 0.977 bits per heavy atom. The molecule has 9 nitrogen and oxygen atoms in total. The van der Waals surface area contributed by atoms with Crippen molar-refractivity contribution in [1.29, 1.82) is 0 Å². The largest absolute Gasteiger partial charge is 0.378 e. The molecule has 3 heterocycles. The third kappa shape index (κ3) is 6.94. The summed E-state index contributed by atoms with van der Waals surface area (Å²) >= 11 is 0. The summed E-state index contributed by atoms with van der Waals surface area (Å²) in [5.74, 6) is -0.334. The van der Waals surface area contributed by atoms with Crippen LogP contribution in [-0.2, 0) is 11.3 Å². The Morgan fingerprint density at radius 2 is 1.59 bits per heavy atom. The number of carbonyl (C=O) groups is 2. The van der Waals surface area contributed by atoms with Crippen LogP contribution in [0.15, 0.2) is 60.9 Å². The van der Waals surface area contributed by atoms with Gasteiger partial charge >= 0.3 is 0 Å². The van der Waals surface area contributed by atoms with Crippen molar-refractivity contribution in [2.75, 3.05) is 37.6 Å². The molecule has 2 aromatic carbocycles. The van der Waals surface area contributed by atoms with Crippen molar-refractivity contribution in [1.82, 2.24) is 25.1 Å². The van der Waals surface area contributed by atoms with Crippen molar-refractivity contribution >= 4 is 17.5 Å². The lowest BCUT2D eigenvalue weighted by Crippen LogP contribution is -2.58. The molecule has 0 radical (unpaired) electrons. The maximum Gasteiger partial charge on any atom is 0.257 e. The Kier molecular flexibility index (Phi) is 9.96. The number of benzene rings is 2.